The fourth-order valence-corrected chi connectivity index (χ4v) is 1.77. The molecule has 1 aliphatic rings. The maximum absolute atomic E-state index is 5.62. The van der Waals surface area contributed by atoms with E-state index < -0.39 is 0 Å². The van der Waals surface area contributed by atoms with Gasteiger partial charge in [-0.05, 0) is 38.8 Å². The van der Waals surface area contributed by atoms with Crippen LogP contribution in [0.3, 0.4) is 0 Å². The lowest BCUT2D eigenvalue weighted by molar-refractivity contribution is 0.0872. The summed E-state index contributed by atoms with van der Waals surface area (Å²) < 4.78 is 10.9. The molecule has 0 aromatic heterocycles. The molecule has 0 aliphatic carbocycles. The third kappa shape index (κ3) is 6.88. The molecule has 1 heterocycles. The van der Waals surface area contributed by atoms with Gasteiger partial charge in [-0.25, -0.2) is 0 Å². The molecule has 90 valence electrons. The van der Waals surface area contributed by atoms with Crippen molar-refractivity contribution in [2.45, 2.75) is 32.6 Å². The van der Waals surface area contributed by atoms with Crippen LogP contribution in [0.2, 0.25) is 0 Å². The molecule has 3 heteroatoms. The topological polar surface area (TPSA) is 30.5 Å². The molecule has 1 atom stereocenters. The van der Waals surface area contributed by atoms with Gasteiger partial charge in [0.2, 0.25) is 0 Å². The zero-order chi connectivity index (χ0) is 10.8. The van der Waals surface area contributed by atoms with Crippen LogP contribution in [0.4, 0.5) is 0 Å². The summed E-state index contributed by atoms with van der Waals surface area (Å²) in [4.78, 5) is 0. The first-order valence-electron chi connectivity index (χ1n) is 6.29. The van der Waals surface area contributed by atoms with E-state index in [2.05, 4.69) is 12.2 Å². The molecule has 1 aliphatic heterocycles. The summed E-state index contributed by atoms with van der Waals surface area (Å²) in [6.45, 7) is 8.02. The molecule has 0 aromatic carbocycles. The summed E-state index contributed by atoms with van der Waals surface area (Å²) in [6, 6.07) is 0. The van der Waals surface area contributed by atoms with Crippen LogP contribution in [0.25, 0.3) is 0 Å². The lowest BCUT2D eigenvalue weighted by Crippen LogP contribution is -2.14. The Kier molecular flexibility index (Phi) is 7.88. The smallest absolute Gasteiger partial charge is 0.0517 e. The van der Waals surface area contributed by atoms with Crippen LogP contribution in [0.5, 0.6) is 0 Å². The molecule has 1 fully saturated rings. The quantitative estimate of drug-likeness (QED) is 0.595. The summed E-state index contributed by atoms with van der Waals surface area (Å²) in [5.74, 6) is 0.659. The highest BCUT2D eigenvalue weighted by Gasteiger charge is 2.14. The molecule has 0 amide bonds. The molecule has 1 rings (SSSR count). The van der Waals surface area contributed by atoms with Gasteiger partial charge in [0.15, 0.2) is 0 Å². The first-order valence-corrected chi connectivity index (χ1v) is 6.29. The zero-order valence-corrected chi connectivity index (χ0v) is 9.96. The second-order valence-electron chi connectivity index (χ2n) is 4.22. The fraction of sp³-hybridized carbons (Fsp3) is 1.00. The largest absolute Gasteiger partial charge is 0.381 e. The maximum atomic E-state index is 5.62. The predicted molar refractivity (Wildman–Crippen MR) is 62.1 cm³/mol. The molecule has 1 unspecified atom stereocenters. The van der Waals surface area contributed by atoms with Crippen LogP contribution in [0, 0.1) is 5.92 Å². The molecule has 15 heavy (non-hydrogen) atoms. The van der Waals surface area contributed by atoms with Gasteiger partial charge in [-0.15, -0.1) is 0 Å². The maximum Gasteiger partial charge on any atom is 0.0517 e. The summed E-state index contributed by atoms with van der Waals surface area (Å²) in [5, 5.41) is 3.33. The van der Waals surface area contributed by atoms with Crippen LogP contribution < -0.4 is 5.32 Å². The van der Waals surface area contributed by atoms with Gasteiger partial charge in [-0.3, -0.25) is 0 Å². The van der Waals surface area contributed by atoms with Gasteiger partial charge in [0.1, 0.15) is 0 Å². The zero-order valence-electron chi connectivity index (χ0n) is 9.96. The van der Waals surface area contributed by atoms with Gasteiger partial charge in [-0.2, -0.15) is 0 Å². The molecule has 1 N–H and O–H groups in total. The van der Waals surface area contributed by atoms with Crippen molar-refractivity contribution in [3.8, 4) is 0 Å². The molecule has 0 spiro atoms. The predicted octanol–water partition coefficient (Wildman–Crippen LogP) is 1.82. The summed E-state index contributed by atoms with van der Waals surface area (Å²) in [7, 11) is 0. The van der Waals surface area contributed by atoms with Crippen molar-refractivity contribution in [3.05, 3.63) is 0 Å². The van der Waals surface area contributed by atoms with Crippen molar-refractivity contribution in [3.63, 3.8) is 0 Å². The van der Waals surface area contributed by atoms with Gasteiger partial charge >= 0.3 is 0 Å². The lowest BCUT2D eigenvalue weighted by atomic mass is 10.1. The third-order valence-electron chi connectivity index (χ3n) is 2.77. The Labute approximate surface area is 93.5 Å². The minimum Gasteiger partial charge on any atom is -0.381 e. The molecule has 0 aromatic rings. The normalized spacial score (nSPS) is 21.0. The van der Waals surface area contributed by atoms with Crippen molar-refractivity contribution in [2.24, 2.45) is 5.92 Å². The van der Waals surface area contributed by atoms with E-state index >= 15 is 0 Å². The van der Waals surface area contributed by atoms with E-state index in [4.69, 9.17) is 9.47 Å². The number of hydrogen-bond acceptors (Lipinski definition) is 3. The van der Waals surface area contributed by atoms with Gasteiger partial charge < -0.3 is 14.8 Å². The Morgan fingerprint density at radius 3 is 3.00 bits per heavy atom. The SMILES string of the molecule is CCNCCCCCOCC1CCOC1. The fourth-order valence-electron chi connectivity index (χ4n) is 1.77. The lowest BCUT2D eigenvalue weighted by Gasteiger charge is -2.08. The first-order chi connectivity index (χ1) is 7.43. The monoisotopic (exact) mass is 215 g/mol. The average molecular weight is 215 g/mol. The summed E-state index contributed by atoms with van der Waals surface area (Å²) >= 11 is 0. The Morgan fingerprint density at radius 2 is 2.27 bits per heavy atom. The van der Waals surface area contributed by atoms with E-state index in [0.29, 0.717) is 5.92 Å². The van der Waals surface area contributed by atoms with E-state index in [-0.39, 0.29) is 0 Å². The van der Waals surface area contributed by atoms with Crippen molar-refractivity contribution < 1.29 is 9.47 Å². The number of ether oxygens (including phenoxy) is 2. The minimum atomic E-state index is 0.659. The first kappa shape index (κ1) is 12.9. The second-order valence-corrected chi connectivity index (χ2v) is 4.22. The van der Waals surface area contributed by atoms with Crippen molar-refractivity contribution in [1.82, 2.24) is 5.32 Å². The molecule has 0 radical (unpaired) electrons. The van der Waals surface area contributed by atoms with E-state index in [9.17, 15) is 0 Å². The number of nitrogens with one attached hydrogen (secondary N) is 1. The highest BCUT2D eigenvalue weighted by molar-refractivity contribution is 4.62. The van der Waals surface area contributed by atoms with Crippen LogP contribution in [0.15, 0.2) is 0 Å². The molecular formula is C12H25NO2. The van der Waals surface area contributed by atoms with Crippen LogP contribution >= 0.6 is 0 Å². The number of rotatable bonds is 9. The second kappa shape index (κ2) is 9.13. The molecule has 3 nitrogen and oxygen atoms in total. The highest BCUT2D eigenvalue weighted by atomic mass is 16.5. The van der Waals surface area contributed by atoms with E-state index in [0.717, 1.165) is 39.5 Å². The van der Waals surface area contributed by atoms with Crippen molar-refractivity contribution in [2.75, 3.05) is 39.5 Å². The Hall–Kier alpha value is -0.120. The Balaban J connectivity index is 1.73. The van der Waals surface area contributed by atoms with E-state index in [1.165, 1.54) is 25.7 Å². The van der Waals surface area contributed by atoms with E-state index in [1.807, 2.05) is 0 Å². The van der Waals surface area contributed by atoms with E-state index in [1.54, 1.807) is 0 Å². The molecule has 1 saturated heterocycles. The summed E-state index contributed by atoms with van der Waals surface area (Å²) in [5.41, 5.74) is 0. The van der Waals surface area contributed by atoms with Gasteiger partial charge in [-0.1, -0.05) is 6.92 Å². The molecule has 0 saturated carbocycles. The van der Waals surface area contributed by atoms with Gasteiger partial charge in [0, 0.05) is 19.1 Å². The van der Waals surface area contributed by atoms with Crippen LogP contribution in [-0.2, 0) is 9.47 Å². The molecule has 0 bridgehead atoms. The summed E-state index contributed by atoms with van der Waals surface area (Å²) in [6.07, 6.45) is 4.91. The standard InChI is InChI=1S/C12H25NO2/c1-2-13-7-4-3-5-8-14-10-12-6-9-15-11-12/h12-13H,2-11H2,1H3. The van der Waals surface area contributed by atoms with Crippen molar-refractivity contribution >= 4 is 0 Å². The van der Waals surface area contributed by atoms with Gasteiger partial charge in [0.05, 0.1) is 13.2 Å². The van der Waals surface area contributed by atoms with Crippen LogP contribution in [0.1, 0.15) is 32.6 Å². The molecular weight excluding hydrogens is 190 g/mol. The van der Waals surface area contributed by atoms with Gasteiger partial charge in [0.25, 0.3) is 0 Å². The van der Waals surface area contributed by atoms with Crippen LogP contribution in [-0.4, -0.2) is 39.5 Å². The highest BCUT2D eigenvalue weighted by Crippen LogP contribution is 2.12. The average Bonchev–Trinajstić information content (AvgIpc) is 2.75. The third-order valence-corrected chi connectivity index (χ3v) is 2.77. The Bertz CT molecular complexity index is 136. The number of hydrogen-bond donors (Lipinski definition) is 1. The minimum absolute atomic E-state index is 0.659. The van der Waals surface area contributed by atoms with Crippen molar-refractivity contribution in [1.29, 1.82) is 0 Å². The number of unbranched alkanes of at least 4 members (excludes halogenated alkanes) is 2. The Morgan fingerprint density at radius 1 is 1.33 bits per heavy atom.